The summed E-state index contributed by atoms with van der Waals surface area (Å²) in [6.07, 6.45) is 0.107. The molecule has 2 amide bonds. The van der Waals surface area contributed by atoms with E-state index in [4.69, 9.17) is 0 Å². The van der Waals surface area contributed by atoms with Crippen LogP contribution in [0.5, 0.6) is 0 Å². The Morgan fingerprint density at radius 2 is 1.75 bits per heavy atom. The summed E-state index contributed by atoms with van der Waals surface area (Å²) in [5, 5.41) is 2.59. The number of amides is 2. The number of carbonyl (C=O) groups is 2. The van der Waals surface area contributed by atoms with Crippen LogP contribution in [0.4, 0.5) is 11.4 Å². The molecule has 1 heterocycles. The Morgan fingerprint density at radius 3 is 2.36 bits per heavy atom. The first kappa shape index (κ1) is 20.0. The Kier molecular flexibility index (Phi) is 5.53. The predicted octanol–water partition coefficient (Wildman–Crippen LogP) is 2.35. The first-order valence-electron chi connectivity index (χ1n) is 8.93. The fourth-order valence-electron chi connectivity index (χ4n) is 3.14. The van der Waals surface area contributed by atoms with Gasteiger partial charge in [0.25, 0.3) is 0 Å². The SMILES string of the molecule is CC(=O)Nc1ccc(S(=O)(=O)N[C@H]2CC(=O)N(c3ccc(C)c(C)c3)C2)cc1. The first-order chi connectivity index (χ1) is 13.2. The first-order valence-corrected chi connectivity index (χ1v) is 10.4. The van der Waals surface area contributed by atoms with E-state index in [1.165, 1.54) is 31.2 Å². The maximum atomic E-state index is 12.6. The fraction of sp³-hybridized carbons (Fsp3) is 0.300. The molecule has 2 aromatic rings. The molecule has 3 rings (SSSR count). The average Bonchev–Trinajstić information content (AvgIpc) is 2.97. The molecule has 0 aliphatic carbocycles. The molecule has 28 heavy (non-hydrogen) atoms. The summed E-state index contributed by atoms with van der Waals surface area (Å²) in [6.45, 7) is 5.64. The van der Waals surface area contributed by atoms with E-state index in [0.29, 0.717) is 5.69 Å². The van der Waals surface area contributed by atoms with E-state index in [1.54, 1.807) is 4.90 Å². The number of aryl methyl sites for hydroxylation is 2. The second-order valence-corrected chi connectivity index (χ2v) is 8.71. The van der Waals surface area contributed by atoms with E-state index in [9.17, 15) is 18.0 Å². The molecule has 2 aromatic carbocycles. The standard InChI is InChI=1S/C20H23N3O4S/c1-13-4-7-18(10-14(13)2)23-12-17(11-20(23)25)22-28(26,27)19-8-5-16(6-9-19)21-15(3)24/h4-10,17,22H,11-12H2,1-3H3,(H,21,24)/t17-/m0/s1. The van der Waals surface area contributed by atoms with Crippen LogP contribution in [0.25, 0.3) is 0 Å². The van der Waals surface area contributed by atoms with Crippen LogP contribution < -0.4 is 14.9 Å². The van der Waals surface area contributed by atoms with Gasteiger partial charge < -0.3 is 10.2 Å². The topological polar surface area (TPSA) is 95.6 Å². The molecule has 7 nitrogen and oxygen atoms in total. The summed E-state index contributed by atoms with van der Waals surface area (Å²) < 4.78 is 27.9. The van der Waals surface area contributed by atoms with Gasteiger partial charge in [-0.1, -0.05) is 6.07 Å². The van der Waals surface area contributed by atoms with Crippen LogP contribution in [0.15, 0.2) is 47.4 Å². The van der Waals surface area contributed by atoms with Gasteiger partial charge in [0.15, 0.2) is 0 Å². The minimum absolute atomic E-state index is 0.0821. The van der Waals surface area contributed by atoms with Gasteiger partial charge in [0.2, 0.25) is 21.8 Å². The van der Waals surface area contributed by atoms with E-state index >= 15 is 0 Å². The normalized spacial score (nSPS) is 17.0. The molecule has 0 spiro atoms. The molecule has 0 radical (unpaired) electrons. The molecule has 2 N–H and O–H groups in total. The maximum Gasteiger partial charge on any atom is 0.240 e. The fourth-order valence-corrected chi connectivity index (χ4v) is 4.36. The van der Waals surface area contributed by atoms with Crippen molar-refractivity contribution >= 4 is 33.2 Å². The molecule has 1 aliphatic rings. The van der Waals surface area contributed by atoms with Crippen LogP contribution in [0.1, 0.15) is 24.5 Å². The molecule has 8 heteroatoms. The Hall–Kier alpha value is -2.71. The highest BCUT2D eigenvalue weighted by Gasteiger charge is 2.33. The lowest BCUT2D eigenvalue weighted by molar-refractivity contribution is -0.117. The third kappa shape index (κ3) is 4.40. The van der Waals surface area contributed by atoms with Crippen molar-refractivity contribution in [3.8, 4) is 0 Å². The van der Waals surface area contributed by atoms with E-state index in [2.05, 4.69) is 10.0 Å². The number of benzene rings is 2. The summed E-state index contributed by atoms with van der Waals surface area (Å²) in [5.74, 6) is -0.346. The summed E-state index contributed by atoms with van der Waals surface area (Å²) in [5.41, 5.74) is 3.50. The number of rotatable bonds is 5. The molecule has 0 bridgehead atoms. The van der Waals surface area contributed by atoms with Gasteiger partial charge >= 0.3 is 0 Å². The van der Waals surface area contributed by atoms with Crippen LogP contribution in [0, 0.1) is 13.8 Å². The third-order valence-corrected chi connectivity index (χ3v) is 6.27. The second-order valence-electron chi connectivity index (χ2n) is 7.00. The minimum atomic E-state index is -3.77. The van der Waals surface area contributed by atoms with Crippen molar-refractivity contribution in [3.63, 3.8) is 0 Å². The molecule has 0 saturated carbocycles. The Bertz CT molecular complexity index is 1020. The van der Waals surface area contributed by atoms with Gasteiger partial charge in [0.05, 0.1) is 4.90 Å². The maximum absolute atomic E-state index is 12.6. The van der Waals surface area contributed by atoms with Gasteiger partial charge in [-0.05, 0) is 61.4 Å². The van der Waals surface area contributed by atoms with Crippen molar-refractivity contribution in [2.24, 2.45) is 0 Å². The number of sulfonamides is 1. The number of anilines is 2. The van der Waals surface area contributed by atoms with E-state index in [0.717, 1.165) is 16.8 Å². The summed E-state index contributed by atoms with van der Waals surface area (Å²) in [7, 11) is -3.77. The highest BCUT2D eigenvalue weighted by molar-refractivity contribution is 7.89. The second kappa shape index (κ2) is 7.73. The van der Waals surface area contributed by atoms with Crippen molar-refractivity contribution in [2.45, 2.75) is 38.1 Å². The molecular weight excluding hydrogens is 378 g/mol. The molecule has 1 atom stereocenters. The van der Waals surface area contributed by atoms with E-state index < -0.39 is 16.1 Å². The van der Waals surface area contributed by atoms with Gasteiger partial charge in [-0.15, -0.1) is 0 Å². The van der Waals surface area contributed by atoms with Gasteiger partial charge in [0.1, 0.15) is 0 Å². The molecule has 1 saturated heterocycles. The Balaban J connectivity index is 1.71. The molecule has 0 aromatic heterocycles. The zero-order valence-electron chi connectivity index (χ0n) is 16.0. The van der Waals surface area contributed by atoms with Gasteiger partial charge in [-0.25, -0.2) is 13.1 Å². The lowest BCUT2D eigenvalue weighted by Crippen LogP contribution is -2.37. The van der Waals surface area contributed by atoms with Crippen molar-refractivity contribution in [1.82, 2.24) is 4.72 Å². The number of nitrogens with one attached hydrogen (secondary N) is 2. The number of nitrogens with zero attached hydrogens (tertiary/aromatic N) is 1. The zero-order chi connectivity index (χ0) is 20.5. The molecular formula is C20H23N3O4S. The molecule has 1 aliphatic heterocycles. The van der Waals surface area contributed by atoms with E-state index in [-0.39, 0.29) is 29.7 Å². The van der Waals surface area contributed by atoms with E-state index in [1.807, 2.05) is 32.0 Å². The molecule has 1 fully saturated rings. The number of hydrogen-bond acceptors (Lipinski definition) is 4. The zero-order valence-corrected chi connectivity index (χ0v) is 16.8. The third-order valence-electron chi connectivity index (χ3n) is 4.73. The van der Waals surface area contributed by atoms with Crippen LogP contribution in [0.3, 0.4) is 0 Å². The quantitative estimate of drug-likeness (QED) is 0.804. The minimum Gasteiger partial charge on any atom is -0.326 e. The Morgan fingerprint density at radius 1 is 1.07 bits per heavy atom. The van der Waals surface area contributed by atoms with Crippen LogP contribution in [-0.2, 0) is 19.6 Å². The summed E-state index contributed by atoms with van der Waals surface area (Å²) >= 11 is 0. The average molecular weight is 401 g/mol. The molecule has 148 valence electrons. The highest BCUT2D eigenvalue weighted by atomic mass is 32.2. The summed E-state index contributed by atoms with van der Waals surface area (Å²) in [6, 6.07) is 11.1. The van der Waals surface area contributed by atoms with Crippen molar-refractivity contribution in [1.29, 1.82) is 0 Å². The van der Waals surface area contributed by atoms with Crippen LogP contribution in [-0.4, -0.2) is 32.8 Å². The largest absolute Gasteiger partial charge is 0.326 e. The monoisotopic (exact) mass is 401 g/mol. The highest BCUT2D eigenvalue weighted by Crippen LogP contribution is 2.25. The van der Waals surface area contributed by atoms with Gasteiger partial charge in [0, 0.05) is 37.3 Å². The van der Waals surface area contributed by atoms with Crippen LogP contribution >= 0.6 is 0 Å². The molecule has 0 unspecified atom stereocenters. The predicted molar refractivity (Wildman–Crippen MR) is 108 cm³/mol. The number of hydrogen-bond donors (Lipinski definition) is 2. The lowest BCUT2D eigenvalue weighted by atomic mass is 10.1. The van der Waals surface area contributed by atoms with Crippen LogP contribution in [0.2, 0.25) is 0 Å². The number of carbonyl (C=O) groups excluding carboxylic acids is 2. The van der Waals surface area contributed by atoms with Crippen molar-refractivity contribution in [3.05, 3.63) is 53.6 Å². The summed E-state index contributed by atoms with van der Waals surface area (Å²) in [4.78, 5) is 25.2. The van der Waals surface area contributed by atoms with Gasteiger partial charge in [-0.3, -0.25) is 9.59 Å². The van der Waals surface area contributed by atoms with Crippen molar-refractivity contribution < 1.29 is 18.0 Å². The van der Waals surface area contributed by atoms with Gasteiger partial charge in [-0.2, -0.15) is 0 Å². The smallest absolute Gasteiger partial charge is 0.240 e. The van der Waals surface area contributed by atoms with Crippen molar-refractivity contribution in [2.75, 3.05) is 16.8 Å². The lowest BCUT2D eigenvalue weighted by Gasteiger charge is -2.18. The Labute approximate surface area is 164 Å².